The van der Waals surface area contributed by atoms with Crippen molar-refractivity contribution in [3.05, 3.63) is 24.4 Å². The van der Waals surface area contributed by atoms with Crippen LogP contribution in [-0.2, 0) is 13.6 Å². The summed E-state index contributed by atoms with van der Waals surface area (Å²) >= 11 is 0. The van der Waals surface area contributed by atoms with Crippen molar-refractivity contribution in [3.63, 3.8) is 0 Å². The van der Waals surface area contributed by atoms with Crippen molar-refractivity contribution in [2.75, 3.05) is 18.0 Å². The molecule has 24 heavy (non-hydrogen) atoms. The molecule has 1 aliphatic heterocycles. The lowest BCUT2D eigenvalue weighted by atomic mass is 9.92. The number of aryl methyl sites for hydroxylation is 2. The molecule has 126 valence electrons. The SMILES string of the molecule is Cc1nc(N2CCCC(O)(Cn3ccnn3)C2)c2cnn(C)c2n1. The predicted octanol–water partition coefficient (Wildman–Crippen LogP) is 0.295. The van der Waals surface area contributed by atoms with E-state index in [0.717, 1.165) is 36.2 Å². The second-order valence-corrected chi connectivity index (χ2v) is 6.45. The zero-order chi connectivity index (χ0) is 16.7. The Bertz CT molecular complexity index is 858. The summed E-state index contributed by atoms with van der Waals surface area (Å²) in [6.07, 6.45) is 6.79. The van der Waals surface area contributed by atoms with Crippen LogP contribution < -0.4 is 4.90 Å². The topological polar surface area (TPSA) is 97.8 Å². The Morgan fingerprint density at radius 1 is 1.33 bits per heavy atom. The summed E-state index contributed by atoms with van der Waals surface area (Å²) in [5, 5.41) is 24.0. The number of aromatic nitrogens is 7. The van der Waals surface area contributed by atoms with Gasteiger partial charge in [0.2, 0.25) is 0 Å². The fourth-order valence-electron chi connectivity index (χ4n) is 3.40. The Balaban J connectivity index is 1.67. The Morgan fingerprint density at radius 3 is 3.00 bits per heavy atom. The molecule has 9 heteroatoms. The molecule has 1 N–H and O–H groups in total. The summed E-state index contributed by atoms with van der Waals surface area (Å²) in [7, 11) is 1.87. The molecule has 4 rings (SSSR count). The van der Waals surface area contributed by atoms with E-state index in [4.69, 9.17) is 0 Å². The highest BCUT2D eigenvalue weighted by molar-refractivity contribution is 5.87. The highest BCUT2D eigenvalue weighted by atomic mass is 16.3. The number of piperidine rings is 1. The Hall–Kier alpha value is -2.55. The van der Waals surface area contributed by atoms with Crippen LogP contribution in [0, 0.1) is 6.92 Å². The van der Waals surface area contributed by atoms with Gasteiger partial charge in [-0.25, -0.2) is 14.6 Å². The molecular weight excluding hydrogens is 308 g/mol. The van der Waals surface area contributed by atoms with E-state index in [-0.39, 0.29) is 0 Å². The van der Waals surface area contributed by atoms with Gasteiger partial charge in [-0.15, -0.1) is 5.10 Å². The number of anilines is 1. The van der Waals surface area contributed by atoms with Crippen molar-refractivity contribution in [2.24, 2.45) is 7.05 Å². The lowest BCUT2D eigenvalue weighted by molar-refractivity contribution is 0.00591. The Morgan fingerprint density at radius 2 is 2.21 bits per heavy atom. The first-order valence-corrected chi connectivity index (χ1v) is 8.02. The van der Waals surface area contributed by atoms with E-state index in [2.05, 4.69) is 30.3 Å². The molecule has 0 spiro atoms. The lowest BCUT2D eigenvalue weighted by Gasteiger charge is -2.39. The van der Waals surface area contributed by atoms with Crippen LogP contribution in [0.5, 0.6) is 0 Å². The van der Waals surface area contributed by atoms with Gasteiger partial charge in [0.15, 0.2) is 5.65 Å². The third kappa shape index (κ3) is 2.60. The first-order valence-electron chi connectivity index (χ1n) is 8.02. The van der Waals surface area contributed by atoms with Gasteiger partial charge < -0.3 is 10.0 Å². The maximum Gasteiger partial charge on any atom is 0.163 e. The molecule has 4 heterocycles. The molecule has 0 amide bonds. The standard InChI is InChI=1S/C15H20N8O/c1-11-18-13-12(8-17-21(13)2)14(19-11)22-6-3-4-15(24,9-22)10-23-7-5-16-20-23/h5,7-8,24H,3-4,6,9-10H2,1-2H3. The van der Waals surface area contributed by atoms with E-state index in [0.29, 0.717) is 18.9 Å². The van der Waals surface area contributed by atoms with Crippen molar-refractivity contribution in [1.29, 1.82) is 0 Å². The van der Waals surface area contributed by atoms with E-state index < -0.39 is 5.60 Å². The van der Waals surface area contributed by atoms with Crippen molar-refractivity contribution in [3.8, 4) is 0 Å². The lowest BCUT2D eigenvalue weighted by Crippen LogP contribution is -2.51. The summed E-state index contributed by atoms with van der Waals surface area (Å²) in [6.45, 7) is 3.64. The van der Waals surface area contributed by atoms with Gasteiger partial charge in [0, 0.05) is 26.3 Å². The van der Waals surface area contributed by atoms with Gasteiger partial charge in [-0.1, -0.05) is 5.21 Å². The first kappa shape index (κ1) is 15.0. The third-order valence-electron chi connectivity index (χ3n) is 4.47. The molecule has 1 unspecified atom stereocenters. The predicted molar refractivity (Wildman–Crippen MR) is 87.5 cm³/mol. The van der Waals surface area contributed by atoms with Crippen molar-refractivity contribution >= 4 is 16.9 Å². The van der Waals surface area contributed by atoms with E-state index >= 15 is 0 Å². The van der Waals surface area contributed by atoms with E-state index in [1.165, 1.54) is 0 Å². The van der Waals surface area contributed by atoms with Crippen LogP contribution in [0.3, 0.4) is 0 Å². The van der Waals surface area contributed by atoms with Crippen LogP contribution >= 0.6 is 0 Å². The van der Waals surface area contributed by atoms with Crippen LogP contribution in [0.4, 0.5) is 5.82 Å². The van der Waals surface area contributed by atoms with Gasteiger partial charge in [-0.2, -0.15) is 5.10 Å². The Labute approximate surface area is 138 Å². The second-order valence-electron chi connectivity index (χ2n) is 6.45. The number of nitrogens with zero attached hydrogens (tertiary/aromatic N) is 8. The molecule has 0 radical (unpaired) electrons. The minimum atomic E-state index is -0.862. The molecule has 1 atom stereocenters. The van der Waals surface area contributed by atoms with Crippen LogP contribution in [0.2, 0.25) is 0 Å². The molecule has 0 saturated carbocycles. The minimum Gasteiger partial charge on any atom is -0.386 e. The zero-order valence-electron chi connectivity index (χ0n) is 13.8. The van der Waals surface area contributed by atoms with E-state index in [1.54, 1.807) is 28.0 Å². The number of aliphatic hydroxyl groups is 1. The van der Waals surface area contributed by atoms with Crippen molar-refractivity contribution in [2.45, 2.75) is 31.9 Å². The van der Waals surface area contributed by atoms with E-state index in [1.807, 2.05) is 14.0 Å². The monoisotopic (exact) mass is 328 g/mol. The van der Waals surface area contributed by atoms with Crippen LogP contribution in [0.25, 0.3) is 11.0 Å². The van der Waals surface area contributed by atoms with Crippen molar-refractivity contribution < 1.29 is 5.11 Å². The normalized spacial score (nSPS) is 21.5. The van der Waals surface area contributed by atoms with Gasteiger partial charge in [0.25, 0.3) is 0 Å². The molecule has 0 aromatic carbocycles. The largest absolute Gasteiger partial charge is 0.386 e. The Kier molecular flexibility index (Phi) is 3.45. The smallest absolute Gasteiger partial charge is 0.163 e. The zero-order valence-corrected chi connectivity index (χ0v) is 13.8. The molecular formula is C15H20N8O. The number of rotatable bonds is 3. The molecule has 3 aromatic rings. The molecule has 1 aliphatic rings. The fraction of sp³-hybridized carbons (Fsp3) is 0.533. The highest BCUT2D eigenvalue weighted by Gasteiger charge is 2.35. The van der Waals surface area contributed by atoms with Gasteiger partial charge in [-0.3, -0.25) is 4.68 Å². The number of hydrogen-bond acceptors (Lipinski definition) is 7. The maximum atomic E-state index is 11.0. The maximum absolute atomic E-state index is 11.0. The van der Waals surface area contributed by atoms with Crippen LogP contribution in [0.15, 0.2) is 18.6 Å². The summed E-state index contributed by atoms with van der Waals surface area (Å²) in [5.74, 6) is 1.54. The second kappa shape index (κ2) is 5.52. The summed E-state index contributed by atoms with van der Waals surface area (Å²) < 4.78 is 3.42. The summed E-state index contributed by atoms with van der Waals surface area (Å²) in [6, 6.07) is 0. The van der Waals surface area contributed by atoms with Gasteiger partial charge >= 0.3 is 0 Å². The summed E-state index contributed by atoms with van der Waals surface area (Å²) in [5.41, 5.74) is -0.0535. The van der Waals surface area contributed by atoms with Gasteiger partial charge in [0.1, 0.15) is 17.2 Å². The third-order valence-corrected chi connectivity index (χ3v) is 4.47. The molecule has 0 bridgehead atoms. The minimum absolute atomic E-state index is 0.420. The number of fused-ring (bicyclic) bond motifs is 1. The van der Waals surface area contributed by atoms with Gasteiger partial charge in [-0.05, 0) is 19.8 Å². The van der Waals surface area contributed by atoms with Crippen molar-refractivity contribution in [1.82, 2.24) is 34.7 Å². The number of hydrogen-bond donors (Lipinski definition) is 1. The van der Waals surface area contributed by atoms with Gasteiger partial charge in [0.05, 0.1) is 24.3 Å². The number of β-amino-alcohol motifs (C(OH)–C–C–N with tert-alkyl or cyclic N) is 1. The quantitative estimate of drug-likeness (QED) is 0.738. The highest BCUT2D eigenvalue weighted by Crippen LogP contribution is 2.30. The molecule has 3 aromatic heterocycles. The average Bonchev–Trinajstić information content (AvgIpc) is 3.17. The van der Waals surface area contributed by atoms with Crippen LogP contribution in [0.1, 0.15) is 18.7 Å². The first-order chi connectivity index (χ1) is 11.5. The molecule has 9 nitrogen and oxygen atoms in total. The molecule has 1 fully saturated rings. The fourth-order valence-corrected chi connectivity index (χ4v) is 3.40. The molecule has 0 aliphatic carbocycles. The van der Waals surface area contributed by atoms with Crippen LogP contribution in [-0.4, -0.2) is 58.5 Å². The average molecular weight is 328 g/mol. The van der Waals surface area contributed by atoms with E-state index in [9.17, 15) is 5.11 Å². The molecule has 1 saturated heterocycles. The summed E-state index contributed by atoms with van der Waals surface area (Å²) in [4.78, 5) is 11.2.